The first-order valence-electron chi connectivity index (χ1n) is 8.96. The SMILES string of the molecule is CC(C)(CCCc1ccccc1)C(=O)NC1CCC(C(=O)O)CC1. The molecule has 0 aliphatic heterocycles. The molecule has 1 aliphatic rings. The molecule has 1 amide bonds. The largest absolute Gasteiger partial charge is 0.481 e. The van der Waals surface area contributed by atoms with Gasteiger partial charge >= 0.3 is 5.97 Å². The van der Waals surface area contributed by atoms with Gasteiger partial charge in [0.25, 0.3) is 0 Å². The van der Waals surface area contributed by atoms with Crippen molar-refractivity contribution in [3.05, 3.63) is 35.9 Å². The Labute approximate surface area is 144 Å². The number of carboxylic acids is 1. The Bertz CT molecular complexity index is 545. The number of carbonyl (C=O) groups is 2. The van der Waals surface area contributed by atoms with Crippen LogP contribution in [0.5, 0.6) is 0 Å². The molecule has 0 saturated heterocycles. The first kappa shape index (κ1) is 18.5. The van der Waals surface area contributed by atoms with E-state index in [4.69, 9.17) is 5.11 Å². The molecule has 132 valence electrons. The van der Waals surface area contributed by atoms with Gasteiger partial charge in [-0.1, -0.05) is 44.2 Å². The summed E-state index contributed by atoms with van der Waals surface area (Å²) in [6.45, 7) is 3.99. The number of nitrogens with one attached hydrogen (secondary N) is 1. The molecule has 1 fully saturated rings. The van der Waals surface area contributed by atoms with Gasteiger partial charge in [0.1, 0.15) is 0 Å². The lowest BCUT2D eigenvalue weighted by Gasteiger charge is -2.31. The highest BCUT2D eigenvalue weighted by molar-refractivity contribution is 5.82. The molecule has 0 heterocycles. The highest BCUT2D eigenvalue weighted by Crippen LogP contribution is 2.28. The van der Waals surface area contributed by atoms with Gasteiger partial charge in [0.2, 0.25) is 5.91 Å². The van der Waals surface area contributed by atoms with Gasteiger partial charge in [-0.3, -0.25) is 9.59 Å². The summed E-state index contributed by atoms with van der Waals surface area (Å²) in [4.78, 5) is 23.6. The van der Waals surface area contributed by atoms with E-state index in [9.17, 15) is 9.59 Å². The number of hydrogen-bond donors (Lipinski definition) is 2. The van der Waals surface area contributed by atoms with Crippen LogP contribution in [-0.4, -0.2) is 23.0 Å². The van der Waals surface area contributed by atoms with E-state index in [1.807, 2.05) is 32.0 Å². The third-order valence-electron chi connectivity index (χ3n) is 5.14. The summed E-state index contributed by atoms with van der Waals surface area (Å²) in [5.74, 6) is -0.854. The Morgan fingerprint density at radius 2 is 1.75 bits per heavy atom. The number of benzene rings is 1. The first-order chi connectivity index (χ1) is 11.4. The predicted molar refractivity (Wildman–Crippen MR) is 94.7 cm³/mol. The molecule has 0 atom stereocenters. The summed E-state index contributed by atoms with van der Waals surface area (Å²) in [5, 5.41) is 12.2. The summed E-state index contributed by atoms with van der Waals surface area (Å²) in [6, 6.07) is 10.5. The van der Waals surface area contributed by atoms with Crippen LogP contribution in [0, 0.1) is 11.3 Å². The van der Waals surface area contributed by atoms with Crippen LogP contribution in [0.2, 0.25) is 0 Å². The molecule has 1 aromatic carbocycles. The average molecular weight is 331 g/mol. The summed E-state index contributed by atoms with van der Waals surface area (Å²) in [7, 11) is 0. The fourth-order valence-corrected chi connectivity index (χ4v) is 3.36. The Morgan fingerprint density at radius 3 is 2.33 bits per heavy atom. The van der Waals surface area contributed by atoms with Crippen molar-refractivity contribution in [1.29, 1.82) is 0 Å². The van der Waals surface area contributed by atoms with Gasteiger partial charge in [-0.05, 0) is 50.5 Å². The zero-order valence-electron chi connectivity index (χ0n) is 14.8. The summed E-state index contributed by atoms with van der Waals surface area (Å²) in [6.07, 6.45) is 5.67. The lowest BCUT2D eigenvalue weighted by molar-refractivity contribution is -0.142. The van der Waals surface area contributed by atoms with E-state index in [-0.39, 0.29) is 17.9 Å². The molecule has 24 heavy (non-hydrogen) atoms. The Morgan fingerprint density at radius 1 is 1.12 bits per heavy atom. The molecule has 4 heteroatoms. The van der Waals surface area contributed by atoms with E-state index in [0.29, 0.717) is 12.8 Å². The topological polar surface area (TPSA) is 66.4 Å². The molecule has 2 rings (SSSR count). The molecule has 1 aliphatic carbocycles. The average Bonchev–Trinajstić information content (AvgIpc) is 2.56. The van der Waals surface area contributed by atoms with Gasteiger partial charge in [0.05, 0.1) is 5.92 Å². The van der Waals surface area contributed by atoms with E-state index < -0.39 is 11.4 Å². The van der Waals surface area contributed by atoms with Gasteiger partial charge in [0, 0.05) is 11.5 Å². The predicted octanol–water partition coefficient (Wildman–Crippen LogP) is 3.80. The third kappa shape index (κ3) is 5.36. The highest BCUT2D eigenvalue weighted by Gasteiger charge is 2.31. The molecule has 0 bridgehead atoms. The van der Waals surface area contributed by atoms with Crippen LogP contribution in [0.15, 0.2) is 30.3 Å². The molecule has 1 saturated carbocycles. The second kappa shape index (κ2) is 8.32. The number of carbonyl (C=O) groups excluding carboxylic acids is 1. The second-order valence-corrected chi connectivity index (χ2v) is 7.58. The normalized spacial score (nSPS) is 21.2. The van der Waals surface area contributed by atoms with Crippen LogP contribution >= 0.6 is 0 Å². The van der Waals surface area contributed by atoms with Crippen molar-refractivity contribution in [2.75, 3.05) is 0 Å². The molecule has 0 radical (unpaired) electrons. The van der Waals surface area contributed by atoms with E-state index >= 15 is 0 Å². The van der Waals surface area contributed by atoms with Gasteiger partial charge in [-0.25, -0.2) is 0 Å². The van der Waals surface area contributed by atoms with Crippen LogP contribution < -0.4 is 5.32 Å². The highest BCUT2D eigenvalue weighted by atomic mass is 16.4. The summed E-state index contributed by atoms with van der Waals surface area (Å²) >= 11 is 0. The van der Waals surface area contributed by atoms with E-state index in [1.165, 1.54) is 5.56 Å². The fourth-order valence-electron chi connectivity index (χ4n) is 3.36. The quantitative estimate of drug-likeness (QED) is 0.799. The van der Waals surface area contributed by atoms with Crippen LogP contribution in [0.4, 0.5) is 0 Å². The molecule has 0 aromatic heterocycles. The molecule has 4 nitrogen and oxygen atoms in total. The molecule has 2 N–H and O–H groups in total. The maximum absolute atomic E-state index is 12.6. The van der Waals surface area contributed by atoms with Crippen LogP contribution in [0.1, 0.15) is 57.9 Å². The zero-order valence-corrected chi connectivity index (χ0v) is 14.8. The first-order valence-corrected chi connectivity index (χ1v) is 8.96. The third-order valence-corrected chi connectivity index (χ3v) is 5.14. The van der Waals surface area contributed by atoms with E-state index in [2.05, 4.69) is 17.4 Å². The second-order valence-electron chi connectivity index (χ2n) is 7.58. The van der Waals surface area contributed by atoms with Crippen LogP contribution in [0.3, 0.4) is 0 Å². The van der Waals surface area contributed by atoms with Crippen molar-refractivity contribution in [2.24, 2.45) is 11.3 Å². The number of aliphatic carboxylic acids is 1. The van der Waals surface area contributed by atoms with Gasteiger partial charge in [-0.15, -0.1) is 0 Å². The van der Waals surface area contributed by atoms with Gasteiger partial charge < -0.3 is 10.4 Å². The van der Waals surface area contributed by atoms with Gasteiger partial charge in [0.15, 0.2) is 0 Å². The number of carboxylic acid groups (broad SMARTS) is 1. The minimum absolute atomic E-state index is 0.0920. The Kier molecular flexibility index (Phi) is 6.41. The Hall–Kier alpha value is -1.84. The molecule has 1 aromatic rings. The van der Waals surface area contributed by atoms with E-state index in [0.717, 1.165) is 32.1 Å². The fraction of sp³-hybridized carbons (Fsp3) is 0.600. The number of amides is 1. The summed E-state index contributed by atoms with van der Waals surface area (Å²) < 4.78 is 0. The molecule has 0 unspecified atom stereocenters. The van der Waals surface area contributed by atoms with Crippen molar-refractivity contribution in [3.63, 3.8) is 0 Å². The molecular formula is C20H29NO3. The van der Waals surface area contributed by atoms with Crippen molar-refractivity contribution in [2.45, 2.75) is 64.8 Å². The summed E-state index contributed by atoms with van der Waals surface area (Å²) in [5.41, 5.74) is 0.916. The van der Waals surface area contributed by atoms with Crippen molar-refractivity contribution >= 4 is 11.9 Å². The molecule has 0 spiro atoms. The minimum atomic E-state index is -0.707. The van der Waals surface area contributed by atoms with Crippen molar-refractivity contribution in [1.82, 2.24) is 5.32 Å². The number of rotatable bonds is 7. The number of aryl methyl sites for hydroxylation is 1. The van der Waals surface area contributed by atoms with Gasteiger partial charge in [-0.2, -0.15) is 0 Å². The number of hydrogen-bond acceptors (Lipinski definition) is 2. The lowest BCUT2D eigenvalue weighted by Crippen LogP contribution is -2.44. The standard InChI is InChI=1S/C20H29NO3/c1-20(2,14-6-9-15-7-4-3-5-8-15)19(24)21-17-12-10-16(11-13-17)18(22)23/h3-5,7-8,16-17H,6,9-14H2,1-2H3,(H,21,24)(H,22,23). The van der Waals surface area contributed by atoms with Crippen molar-refractivity contribution in [3.8, 4) is 0 Å². The van der Waals surface area contributed by atoms with Crippen LogP contribution in [-0.2, 0) is 16.0 Å². The monoisotopic (exact) mass is 331 g/mol. The van der Waals surface area contributed by atoms with Crippen LogP contribution in [0.25, 0.3) is 0 Å². The smallest absolute Gasteiger partial charge is 0.306 e. The maximum atomic E-state index is 12.6. The lowest BCUT2D eigenvalue weighted by atomic mass is 9.83. The molecular weight excluding hydrogens is 302 g/mol. The maximum Gasteiger partial charge on any atom is 0.306 e. The zero-order chi connectivity index (χ0) is 17.6. The minimum Gasteiger partial charge on any atom is -0.481 e. The Balaban J connectivity index is 1.75. The van der Waals surface area contributed by atoms with E-state index in [1.54, 1.807) is 0 Å². The van der Waals surface area contributed by atoms with Crippen molar-refractivity contribution < 1.29 is 14.7 Å².